The van der Waals surface area contributed by atoms with E-state index in [-0.39, 0.29) is 11.8 Å². The first-order chi connectivity index (χ1) is 12.5. The summed E-state index contributed by atoms with van der Waals surface area (Å²) in [5.74, 6) is 1.37. The standard InChI is InChI=1S/C21H28N2O3/c1-16(2)21(24)23(12-11-22)14-18-9-10-19(20(13-18)25-3)26-15-17-7-5-4-6-8-17/h4-10,13,16H,11-12,14-15,22H2,1-3H3. The number of nitrogens with zero attached hydrogens (tertiary/aromatic N) is 1. The number of carbonyl (C=O) groups is 1. The number of hydrogen-bond acceptors (Lipinski definition) is 4. The highest BCUT2D eigenvalue weighted by Crippen LogP contribution is 2.29. The Labute approximate surface area is 155 Å². The van der Waals surface area contributed by atoms with E-state index < -0.39 is 0 Å². The molecule has 0 saturated heterocycles. The number of benzene rings is 2. The molecule has 1 amide bonds. The van der Waals surface area contributed by atoms with Gasteiger partial charge in [0, 0.05) is 25.6 Å². The van der Waals surface area contributed by atoms with Crippen molar-refractivity contribution in [3.05, 3.63) is 59.7 Å². The predicted octanol–water partition coefficient (Wildman–Crippen LogP) is 3.22. The van der Waals surface area contributed by atoms with Crippen molar-refractivity contribution in [2.75, 3.05) is 20.2 Å². The molecule has 0 spiro atoms. The largest absolute Gasteiger partial charge is 0.493 e. The average molecular weight is 356 g/mol. The third-order valence-corrected chi connectivity index (χ3v) is 4.04. The molecule has 2 rings (SSSR count). The second kappa shape index (κ2) is 9.82. The number of ether oxygens (including phenoxy) is 2. The summed E-state index contributed by atoms with van der Waals surface area (Å²) in [5.41, 5.74) is 7.73. The second-order valence-electron chi connectivity index (χ2n) is 6.46. The molecule has 0 unspecified atom stereocenters. The molecule has 0 radical (unpaired) electrons. The molecule has 0 fully saturated rings. The van der Waals surface area contributed by atoms with Gasteiger partial charge >= 0.3 is 0 Å². The maximum atomic E-state index is 12.3. The van der Waals surface area contributed by atoms with Gasteiger partial charge in [0.05, 0.1) is 7.11 Å². The number of carbonyl (C=O) groups excluding carboxylic acids is 1. The monoisotopic (exact) mass is 356 g/mol. The summed E-state index contributed by atoms with van der Waals surface area (Å²) in [6.45, 7) is 5.74. The lowest BCUT2D eigenvalue weighted by atomic mass is 10.1. The van der Waals surface area contributed by atoms with E-state index in [9.17, 15) is 4.79 Å². The van der Waals surface area contributed by atoms with E-state index in [1.807, 2.05) is 62.4 Å². The highest BCUT2D eigenvalue weighted by Gasteiger charge is 2.17. The highest BCUT2D eigenvalue weighted by atomic mass is 16.5. The summed E-state index contributed by atoms with van der Waals surface area (Å²) in [7, 11) is 1.62. The molecule has 0 bridgehead atoms. The Balaban J connectivity index is 2.10. The normalized spacial score (nSPS) is 10.7. The van der Waals surface area contributed by atoms with E-state index in [0.29, 0.717) is 37.7 Å². The van der Waals surface area contributed by atoms with Gasteiger partial charge in [0.2, 0.25) is 5.91 Å². The Bertz CT molecular complexity index is 702. The minimum Gasteiger partial charge on any atom is -0.493 e. The van der Waals surface area contributed by atoms with Crippen molar-refractivity contribution >= 4 is 5.91 Å². The summed E-state index contributed by atoms with van der Waals surface area (Å²) < 4.78 is 11.4. The van der Waals surface area contributed by atoms with E-state index in [1.54, 1.807) is 12.0 Å². The van der Waals surface area contributed by atoms with Crippen LogP contribution >= 0.6 is 0 Å². The molecule has 26 heavy (non-hydrogen) atoms. The average Bonchev–Trinajstić information content (AvgIpc) is 2.66. The summed E-state index contributed by atoms with van der Waals surface area (Å²) in [4.78, 5) is 14.1. The second-order valence-corrected chi connectivity index (χ2v) is 6.46. The summed E-state index contributed by atoms with van der Waals surface area (Å²) in [6, 6.07) is 15.7. The van der Waals surface area contributed by atoms with Gasteiger partial charge in [-0.15, -0.1) is 0 Å². The van der Waals surface area contributed by atoms with Gasteiger partial charge in [-0.1, -0.05) is 50.2 Å². The predicted molar refractivity (Wildman–Crippen MR) is 103 cm³/mol. The van der Waals surface area contributed by atoms with Gasteiger partial charge in [0.1, 0.15) is 6.61 Å². The van der Waals surface area contributed by atoms with Crippen molar-refractivity contribution in [2.45, 2.75) is 27.0 Å². The zero-order valence-corrected chi connectivity index (χ0v) is 15.8. The Morgan fingerprint density at radius 2 is 1.81 bits per heavy atom. The van der Waals surface area contributed by atoms with Gasteiger partial charge in [0.25, 0.3) is 0 Å². The van der Waals surface area contributed by atoms with Crippen LogP contribution < -0.4 is 15.2 Å². The molecule has 0 saturated carbocycles. The van der Waals surface area contributed by atoms with Crippen molar-refractivity contribution in [3.63, 3.8) is 0 Å². The van der Waals surface area contributed by atoms with Crippen LogP contribution in [0.15, 0.2) is 48.5 Å². The molecular formula is C21H28N2O3. The van der Waals surface area contributed by atoms with E-state index in [4.69, 9.17) is 15.2 Å². The molecule has 0 aliphatic carbocycles. The van der Waals surface area contributed by atoms with Crippen LogP contribution in [0.25, 0.3) is 0 Å². The highest BCUT2D eigenvalue weighted by molar-refractivity contribution is 5.78. The zero-order chi connectivity index (χ0) is 18.9. The fourth-order valence-corrected chi connectivity index (χ4v) is 2.67. The number of rotatable bonds is 9. The Hall–Kier alpha value is -2.53. The van der Waals surface area contributed by atoms with E-state index in [1.165, 1.54) is 0 Å². The molecule has 0 atom stereocenters. The zero-order valence-electron chi connectivity index (χ0n) is 15.8. The third kappa shape index (κ3) is 5.49. The maximum Gasteiger partial charge on any atom is 0.225 e. The number of amides is 1. The molecule has 0 heterocycles. The van der Waals surface area contributed by atoms with Crippen molar-refractivity contribution in [1.29, 1.82) is 0 Å². The van der Waals surface area contributed by atoms with Gasteiger partial charge in [-0.25, -0.2) is 0 Å². The summed E-state index contributed by atoms with van der Waals surface area (Å²) >= 11 is 0. The molecule has 0 aliphatic heterocycles. The van der Waals surface area contributed by atoms with Crippen LogP contribution in [-0.4, -0.2) is 31.0 Å². The molecule has 2 aromatic rings. The van der Waals surface area contributed by atoms with E-state index >= 15 is 0 Å². The summed E-state index contributed by atoms with van der Waals surface area (Å²) in [5, 5.41) is 0. The first-order valence-electron chi connectivity index (χ1n) is 8.87. The van der Waals surface area contributed by atoms with Crippen LogP contribution in [0.5, 0.6) is 11.5 Å². The number of nitrogens with two attached hydrogens (primary N) is 1. The molecule has 140 valence electrons. The number of methoxy groups -OCH3 is 1. The molecule has 5 nitrogen and oxygen atoms in total. The molecule has 2 N–H and O–H groups in total. The number of hydrogen-bond donors (Lipinski definition) is 1. The van der Waals surface area contributed by atoms with Crippen LogP contribution in [-0.2, 0) is 17.9 Å². The van der Waals surface area contributed by atoms with Crippen molar-refractivity contribution in [2.24, 2.45) is 11.7 Å². The van der Waals surface area contributed by atoms with Crippen LogP contribution in [0.4, 0.5) is 0 Å². The van der Waals surface area contributed by atoms with Gasteiger partial charge in [-0.3, -0.25) is 4.79 Å². The molecule has 5 heteroatoms. The Morgan fingerprint density at radius 1 is 1.08 bits per heavy atom. The smallest absolute Gasteiger partial charge is 0.225 e. The molecule has 2 aromatic carbocycles. The fourth-order valence-electron chi connectivity index (χ4n) is 2.67. The summed E-state index contributed by atoms with van der Waals surface area (Å²) in [6.07, 6.45) is 0. The fraction of sp³-hybridized carbons (Fsp3) is 0.381. The van der Waals surface area contributed by atoms with Crippen molar-refractivity contribution in [1.82, 2.24) is 4.90 Å². The lowest BCUT2D eigenvalue weighted by Crippen LogP contribution is -2.37. The van der Waals surface area contributed by atoms with Gasteiger partial charge in [-0.05, 0) is 23.3 Å². The van der Waals surface area contributed by atoms with Gasteiger partial charge in [0.15, 0.2) is 11.5 Å². The lowest BCUT2D eigenvalue weighted by Gasteiger charge is -2.24. The lowest BCUT2D eigenvalue weighted by molar-refractivity contribution is -0.135. The first-order valence-corrected chi connectivity index (χ1v) is 8.87. The SMILES string of the molecule is COc1cc(CN(CCN)C(=O)C(C)C)ccc1OCc1ccccc1. The minimum absolute atomic E-state index is 0.0584. The molecule has 0 aliphatic rings. The topological polar surface area (TPSA) is 64.8 Å². The third-order valence-electron chi connectivity index (χ3n) is 4.04. The van der Waals surface area contributed by atoms with Crippen molar-refractivity contribution < 1.29 is 14.3 Å². The van der Waals surface area contributed by atoms with Gasteiger partial charge < -0.3 is 20.1 Å². The first kappa shape index (κ1) is 19.8. The Kier molecular flexibility index (Phi) is 7.48. The Morgan fingerprint density at radius 3 is 2.42 bits per heavy atom. The maximum absolute atomic E-state index is 12.3. The van der Waals surface area contributed by atoms with E-state index in [0.717, 1.165) is 11.1 Å². The molecular weight excluding hydrogens is 328 g/mol. The van der Waals surface area contributed by atoms with E-state index in [2.05, 4.69) is 0 Å². The minimum atomic E-state index is -0.0584. The quantitative estimate of drug-likeness (QED) is 0.749. The van der Waals surface area contributed by atoms with Crippen LogP contribution in [0, 0.1) is 5.92 Å². The van der Waals surface area contributed by atoms with Crippen LogP contribution in [0.2, 0.25) is 0 Å². The van der Waals surface area contributed by atoms with Crippen LogP contribution in [0.3, 0.4) is 0 Å². The van der Waals surface area contributed by atoms with Crippen molar-refractivity contribution in [3.8, 4) is 11.5 Å². The van der Waals surface area contributed by atoms with Gasteiger partial charge in [-0.2, -0.15) is 0 Å². The molecule has 0 aromatic heterocycles. The van der Waals surface area contributed by atoms with Crippen LogP contribution in [0.1, 0.15) is 25.0 Å².